The number of allylic oxidation sites excluding steroid dienone is 1. The molecule has 0 spiro atoms. The number of rotatable bonds is 5. The number of carbonyl (C=O) groups is 1. The molecule has 6 nitrogen and oxygen atoms in total. The molecule has 1 aliphatic rings. The Kier molecular flexibility index (Phi) is 5.91. The summed E-state index contributed by atoms with van der Waals surface area (Å²) in [6.45, 7) is 0.506. The molecule has 8 heteroatoms. The molecule has 0 unspecified atom stereocenters. The third-order valence-corrected chi connectivity index (χ3v) is 7.42. The molecule has 1 saturated carbocycles. The summed E-state index contributed by atoms with van der Waals surface area (Å²) in [6, 6.07) is 13.4. The Labute approximate surface area is 199 Å². The van der Waals surface area contributed by atoms with Gasteiger partial charge in [0.05, 0.1) is 10.4 Å². The molecule has 1 aliphatic carbocycles. The third kappa shape index (κ3) is 4.51. The van der Waals surface area contributed by atoms with Crippen molar-refractivity contribution in [3.63, 3.8) is 0 Å². The fourth-order valence-electron chi connectivity index (χ4n) is 4.36. The van der Waals surface area contributed by atoms with E-state index in [1.54, 1.807) is 23.5 Å². The molecular formula is C25H22ClN3O3S. The van der Waals surface area contributed by atoms with Crippen molar-refractivity contribution in [2.24, 2.45) is 0 Å². The van der Waals surface area contributed by atoms with Crippen LogP contribution < -0.4 is 5.32 Å². The first kappa shape index (κ1) is 21.7. The lowest BCUT2D eigenvalue weighted by atomic mass is 9.85. The van der Waals surface area contributed by atoms with Gasteiger partial charge in [0.1, 0.15) is 22.2 Å². The lowest BCUT2D eigenvalue weighted by Gasteiger charge is -2.23. The number of hydrogen-bond donors (Lipinski definition) is 3. The van der Waals surface area contributed by atoms with Crippen molar-refractivity contribution >= 4 is 55.0 Å². The van der Waals surface area contributed by atoms with Crippen LogP contribution in [0.2, 0.25) is 5.02 Å². The van der Waals surface area contributed by atoms with Gasteiger partial charge in [-0.05, 0) is 49.4 Å². The molecule has 168 valence electrons. The van der Waals surface area contributed by atoms with Crippen molar-refractivity contribution in [3.05, 3.63) is 70.5 Å². The highest BCUT2D eigenvalue weighted by Crippen LogP contribution is 2.40. The standard InChI is InChI=1S/C25H22ClN3O3S/c26-18-11-15(7-10-19(18)30)13-27-24-22-17-3-1-2-4-20(17)33-25(22)29-23(28-24)16-8-5-14(6-9-16)12-21(31)32/h1-4,7,10-12,16,30H,5-6,8-9,13H2,(H,31,32)(H,27,28,29). The number of fused-ring (bicyclic) bond motifs is 3. The van der Waals surface area contributed by atoms with Gasteiger partial charge in [0.15, 0.2) is 0 Å². The molecule has 1 fully saturated rings. The first-order chi connectivity index (χ1) is 16.0. The summed E-state index contributed by atoms with van der Waals surface area (Å²) in [5.41, 5.74) is 1.91. The molecule has 0 amide bonds. The van der Waals surface area contributed by atoms with Crippen LogP contribution in [0.4, 0.5) is 5.82 Å². The van der Waals surface area contributed by atoms with Crippen molar-refractivity contribution in [1.29, 1.82) is 0 Å². The Morgan fingerprint density at radius 3 is 2.73 bits per heavy atom. The van der Waals surface area contributed by atoms with Crippen LogP contribution in [-0.4, -0.2) is 26.2 Å². The van der Waals surface area contributed by atoms with E-state index in [2.05, 4.69) is 17.4 Å². The van der Waals surface area contributed by atoms with Gasteiger partial charge in [-0.3, -0.25) is 0 Å². The zero-order valence-corrected chi connectivity index (χ0v) is 19.3. The smallest absolute Gasteiger partial charge is 0.328 e. The fraction of sp³-hybridized carbons (Fsp3) is 0.240. The minimum absolute atomic E-state index is 0.0598. The Balaban J connectivity index is 1.50. The van der Waals surface area contributed by atoms with Crippen molar-refractivity contribution < 1.29 is 15.0 Å². The number of aromatic nitrogens is 2. The van der Waals surface area contributed by atoms with Crippen molar-refractivity contribution in [1.82, 2.24) is 9.97 Å². The van der Waals surface area contributed by atoms with Crippen LogP contribution in [0.3, 0.4) is 0 Å². The maximum atomic E-state index is 11.0. The summed E-state index contributed by atoms with van der Waals surface area (Å²) in [4.78, 5) is 21.8. The number of aromatic hydroxyl groups is 1. The quantitative estimate of drug-likeness (QED) is 0.283. The van der Waals surface area contributed by atoms with E-state index in [1.165, 1.54) is 6.08 Å². The second-order valence-corrected chi connectivity index (χ2v) is 9.70. The number of benzene rings is 2. The number of hydrogen-bond acceptors (Lipinski definition) is 6. The molecule has 5 rings (SSSR count). The van der Waals surface area contributed by atoms with Crippen molar-refractivity contribution in [2.45, 2.75) is 38.1 Å². The monoisotopic (exact) mass is 479 g/mol. The van der Waals surface area contributed by atoms with E-state index in [4.69, 9.17) is 26.7 Å². The highest BCUT2D eigenvalue weighted by atomic mass is 35.5. The number of aliphatic carboxylic acids is 1. The van der Waals surface area contributed by atoms with E-state index in [1.807, 2.05) is 18.2 Å². The summed E-state index contributed by atoms with van der Waals surface area (Å²) in [5, 5.41) is 24.6. The van der Waals surface area contributed by atoms with Crippen molar-refractivity contribution in [3.8, 4) is 5.75 Å². The molecule has 0 bridgehead atoms. The maximum Gasteiger partial charge on any atom is 0.328 e. The van der Waals surface area contributed by atoms with Gasteiger partial charge < -0.3 is 15.5 Å². The zero-order valence-electron chi connectivity index (χ0n) is 17.7. The Morgan fingerprint density at radius 1 is 1.18 bits per heavy atom. The molecular weight excluding hydrogens is 458 g/mol. The van der Waals surface area contributed by atoms with E-state index in [0.29, 0.717) is 11.6 Å². The number of halogens is 1. The van der Waals surface area contributed by atoms with Crippen LogP contribution in [0.5, 0.6) is 5.75 Å². The van der Waals surface area contributed by atoms with Crippen LogP contribution in [0.15, 0.2) is 54.1 Å². The first-order valence-corrected chi connectivity index (χ1v) is 12.0. The SMILES string of the molecule is O=C(O)C=C1CCC(c2nc(NCc3ccc(O)c(Cl)c3)c3c(n2)sc2ccccc23)CC1. The van der Waals surface area contributed by atoms with Crippen LogP contribution in [-0.2, 0) is 11.3 Å². The van der Waals surface area contributed by atoms with Crippen molar-refractivity contribution in [2.75, 3.05) is 5.32 Å². The van der Waals surface area contributed by atoms with Gasteiger partial charge in [0.2, 0.25) is 0 Å². The van der Waals surface area contributed by atoms with E-state index in [9.17, 15) is 9.90 Å². The van der Waals surface area contributed by atoms with Crippen LogP contribution in [0, 0.1) is 0 Å². The van der Waals surface area contributed by atoms with E-state index >= 15 is 0 Å². The normalized spacial score (nSPS) is 16.3. The second kappa shape index (κ2) is 9.00. The number of carboxylic acids is 1. The number of anilines is 1. The molecule has 0 aliphatic heterocycles. The van der Waals surface area contributed by atoms with E-state index < -0.39 is 5.97 Å². The number of thiophene rings is 1. The van der Waals surface area contributed by atoms with Crippen LogP contribution >= 0.6 is 22.9 Å². The fourth-order valence-corrected chi connectivity index (χ4v) is 5.65. The Hall–Kier alpha value is -3.16. The maximum absolute atomic E-state index is 11.0. The highest BCUT2D eigenvalue weighted by molar-refractivity contribution is 7.25. The highest BCUT2D eigenvalue weighted by Gasteiger charge is 2.24. The zero-order chi connectivity index (χ0) is 22.9. The largest absolute Gasteiger partial charge is 0.506 e. The molecule has 4 aromatic rings. The van der Waals surface area contributed by atoms with Gasteiger partial charge in [-0.2, -0.15) is 0 Å². The topological polar surface area (TPSA) is 95.3 Å². The Bertz CT molecular complexity index is 1390. The molecule has 33 heavy (non-hydrogen) atoms. The van der Waals surface area contributed by atoms with E-state index in [0.717, 1.165) is 68.8 Å². The van der Waals surface area contributed by atoms with Gasteiger partial charge in [0, 0.05) is 28.6 Å². The molecule has 3 N–H and O–H groups in total. The molecule has 2 heterocycles. The van der Waals surface area contributed by atoms with E-state index in [-0.39, 0.29) is 11.7 Å². The third-order valence-electron chi connectivity index (χ3n) is 6.05. The molecule has 2 aromatic carbocycles. The summed E-state index contributed by atoms with van der Waals surface area (Å²) in [7, 11) is 0. The van der Waals surface area contributed by atoms with Gasteiger partial charge in [-0.1, -0.05) is 41.4 Å². The first-order valence-electron chi connectivity index (χ1n) is 10.8. The molecule has 0 radical (unpaired) electrons. The lowest BCUT2D eigenvalue weighted by Crippen LogP contribution is -2.12. The minimum atomic E-state index is -0.882. The molecule has 2 aromatic heterocycles. The molecule has 0 saturated heterocycles. The second-order valence-electron chi connectivity index (χ2n) is 8.26. The summed E-state index contributed by atoms with van der Waals surface area (Å²) in [5.74, 6) is 0.948. The Morgan fingerprint density at radius 2 is 1.97 bits per heavy atom. The summed E-state index contributed by atoms with van der Waals surface area (Å²) in [6.07, 6.45) is 4.51. The summed E-state index contributed by atoms with van der Waals surface area (Å²) < 4.78 is 1.16. The van der Waals surface area contributed by atoms with Gasteiger partial charge in [-0.15, -0.1) is 11.3 Å². The van der Waals surface area contributed by atoms with Gasteiger partial charge in [0.25, 0.3) is 0 Å². The van der Waals surface area contributed by atoms with Gasteiger partial charge in [-0.25, -0.2) is 14.8 Å². The number of carboxylic acid groups (broad SMARTS) is 1. The number of nitrogens with zero attached hydrogens (tertiary/aromatic N) is 2. The number of nitrogens with one attached hydrogen (secondary N) is 1. The van der Waals surface area contributed by atoms with Gasteiger partial charge >= 0.3 is 5.97 Å². The number of phenolic OH excluding ortho intramolecular Hbond substituents is 1. The number of phenols is 1. The lowest BCUT2D eigenvalue weighted by molar-refractivity contribution is -0.131. The average molecular weight is 480 g/mol. The van der Waals surface area contributed by atoms with Crippen LogP contribution in [0.1, 0.15) is 43.0 Å². The molecule has 0 atom stereocenters. The van der Waals surface area contributed by atoms with Crippen LogP contribution in [0.25, 0.3) is 20.3 Å². The summed E-state index contributed by atoms with van der Waals surface area (Å²) >= 11 is 7.73. The average Bonchev–Trinajstić information content (AvgIpc) is 3.18. The predicted molar refractivity (Wildman–Crippen MR) is 132 cm³/mol. The predicted octanol–water partition coefficient (Wildman–Crippen LogP) is 6.48. The minimum Gasteiger partial charge on any atom is -0.506 e.